The first-order valence-electron chi connectivity index (χ1n) is 8.19. The Balaban J connectivity index is 5.10. The molecule has 0 aliphatic carbocycles. The van der Waals surface area contributed by atoms with Crippen LogP contribution in [0.2, 0.25) is 0 Å². The Bertz CT molecular complexity index is 570. The zero-order valence-electron chi connectivity index (χ0n) is 15.1. The summed E-state index contributed by atoms with van der Waals surface area (Å²) in [4.78, 5) is 57.9. The average molecular weight is 406 g/mol. The van der Waals surface area contributed by atoms with Gasteiger partial charge in [-0.1, -0.05) is 13.8 Å². The SMILES string of the molecule is CC(C)C(NC(=O)C(CS)NC(=O)C(CCC(=O)O)NC(=O)CN)C(=O)O. The third-order valence-electron chi connectivity index (χ3n) is 3.53. The summed E-state index contributed by atoms with van der Waals surface area (Å²) in [7, 11) is 0. The highest BCUT2D eigenvalue weighted by molar-refractivity contribution is 7.80. The van der Waals surface area contributed by atoms with Crippen molar-refractivity contribution in [3.63, 3.8) is 0 Å². The van der Waals surface area contributed by atoms with Gasteiger partial charge in [0.2, 0.25) is 17.7 Å². The Kier molecular flexibility index (Phi) is 11.1. The fourth-order valence-electron chi connectivity index (χ4n) is 2.02. The third-order valence-corrected chi connectivity index (χ3v) is 3.90. The van der Waals surface area contributed by atoms with Gasteiger partial charge in [-0.15, -0.1) is 0 Å². The van der Waals surface area contributed by atoms with Gasteiger partial charge in [-0.3, -0.25) is 19.2 Å². The first-order chi connectivity index (χ1) is 12.5. The lowest BCUT2D eigenvalue weighted by molar-refractivity contribution is -0.143. The lowest BCUT2D eigenvalue weighted by Gasteiger charge is -2.24. The molecular formula is C15H26N4O7S. The van der Waals surface area contributed by atoms with Crippen molar-refractivity contribution in [1.82, 2.24) is 16.0 Å². The number of thiol groups is 1. The van der Waals surface area contributed by atoms with E-state index in [-0.39, 0.29) is 12.2 Å². The molecule has 11 nitrogen and oxygen atoms in total. The van der Waals surface area contributed by atoms with E-state index in [1.165, 1.54) is 0 Å². The highest BCUT2D eigenvalue weighted by Crippen LogP contribution is 2.04. The number of rotatable bonds is 12. The van der Waals surface area contributed by atoms with Crippen LogP contribution in [-0.2, 0) is 24.0 Å². The molecule has 0 aliphatic heterocycles. The molecule has 3 unspecified atom stereocenters. The monoisotopic (exact) mass is 406 g/mol. The smallest absolute Gasteiger partial charge is 0.326 e. The molecule has 0 spiro atoms. The van der Waals surface area contributed by atoms with Crippen LogP contribution in [-0.4, -0.2) is 70.3 Å². The highest BCUT2D eigenvalue weighted by Gasteiger charge is 2.30. The van der Waals surface area contributed by atoms with Crippen molar-refractivity contribution >= 4 is 42.3 Å². The molecule has 0 aromatic heterocycles. The van der Waals surface area contributed by atoms with Crippen molar-refractivity contribution in [1.29, 1.82) is 0 Å². The van der Waals surface area contributed by atoms with Gasteiger partial charge in [0.05, 0.1) is 6.54 Å². The van der Waals surface area contributed by atoms with E-state index >= 15 is 0 Å². The van der Waals surface area contributed by atoms with Crippen LogP contribution >= 0.6 is 12.6 Å². The van der Waals surface area contributed by atoms with E-state index < -0.39 is 66.7 Å². The van der Waals surface area contributed by atoms with Crippen molar-refractivity contribution < 1.29 is 34.2 Å². The molecule has 0 radical (unpaired) electrons. The predicted octanol–water partition coefficient (Wildman–Crippen LogP) is -2.07. The number of nitrogens with two attached hydrogens (primary N) is 1. The van der Waals surface area contributed by atoms with Crippen LogP contribution in [0, 0.1) is 5.92 Å². The molecule has 12 heteroatoms. The molecule has 0 bridgehead atoms. The summed E-state index contributed by atoms with van der Waals surface area (Å²) < 4.78 is 0. The van der Waals surface area contributed by atoms with Gasteiger partial charge in [-0.05, 0) is 12.3 Å². The van der Waals surface area contributed by atoms with Crippen molar-refractivity contribution in [3.05, 3.63) is 0 Å². The molecule has 0 aromatic carbocycles. The average Bonchev–Trinajstić information content (AvgIpc) is 2.59. The molecule has 27 heavy (non-hydrogen) atoms. The number of aliphatic carboxylic acids is 2. The highest BCUT2D eigenvalue weighted by atomic mass is 32.1. The maximum Gasteiger partial charge on any atom is 0.326 e. The van der Waals surface area contributed by atoms with Crippen LogP contribution in [0.5, 0.6) is 0 Å². The van der Waals surface area contributed by atoms with Crippen molar-refractivity contribution in [3.8, 4) is 0 Å². The van der Waals surface area contributed by atoms with Gasteiger partial charge in [0.15, 0.2) is 0 Å². The Morgan fingerprint density at radius 2 is 1.52 bits per heavy atom. The molecule has 3 amide bonds. The number of carbonyl (C=O) groups excluding carboxylic acids is 3. The van der Waals surface area contributed by atoms with E-state index in [4.69, 9.17) is 15.9 Å². The number of hydrogen-bond acceptors (Lipinski definition) is 7. The molecule has 0 aliphatic rings. The number of carboxylic acids is 2. The zero-order chi connectivity index (χ0) is 21.1. The number of amides is 3. The largest absolute Gasteiger partial charge is 0.481 e. The van der Waals surface area contributed by atoms with Crippen LogP contribution in [0.1, 0.15) is 26.7 Å². The molecule has 3 atom stereocenters. The summed E-state index contributed by atoms with van der Waals surface area (Å²) in [6, 6.07) is -3.55. The molecule has 0 heterocycles. The molecule has 0 rings (SSSR count). The second-order valence-corrected chi connectivity index (χ2v) is 6.43. The van der Waals surface area contributed by atoms with Gasteiger partial charge in [0.1, 0.15) is 18.1 Å². The fourth-order valence-corrected chi connectivity index (χ4v) is 2.28. The topological polar surface area (TPSA) is 188 Å². The van der Waals surface area contributed by atoms with Crippen molar-refractivity contribution in [2.75, 3.05) is 12.3 Å². The van der Waals surface area contributed by atoms with E-state index in [9.17, 15) is 24.0 Å². The second-order valence-electron chi connectivity index (χ2n) is 6.07. The normalized spacial score (nSPS) is 14.0. The van der Waals surface area contributed by atoms with Gasteiger partial charge in [-0.2, -0.15) is 12.6 Å². The van der Waals surface area contributed by atoms with E-state index in [0.29, 0.717) is 0 Å². The molecular weight excluding hydrogens is 380 g/mol. The molecule has 7 N–H and O–H groups in total. The van der Waals surface area contributed by atoms with Gasteiger partial charge >= 0.3 is 11.9 Å². The lowest BCUT2D eigenvalue weighted by atomic mass is 10.0. The predicted molar refractivity (Wildman–Crippen MR) is 98.0 cm³/mol. The minimum absolute atomic E-state index is 0.140. The summed E-state index contributed by atoms with van der Waals surface area (Å²) in [5.41, 5.74) is 5.17. The molecule has 0 saturated heterocycles. The van der Waals surface area contributed by atoms with Crippen molar-refractivity contribution in [2.45, 2.75) is 44.8 Å². The van der Waals surface area contributed by atoms with Crippen LogP contribution in [0.4, 0.5) is 0 Å². The summed E-state index contributed by atoms with van der Waals surface area (Å²) in [6.45, 7) is 2.82. The van der Waals surface area contributed by atoms with Gasteiger partial charge in [-0.25, -0.2) is 4.79 Å². The van der Waals surface area contributed by atoms with Gasteiger partial charge in [0, 0.05) is 12.2 Å². The summed E-state index contributed by atoms with van der Waals surface area (Å²) in [6.07, 6.45) is -0.604. The number of hydrogen-bond donors (Lipinski definition) is 7. The van der Waals surface area contributed by atoms with Gasteiger partial charge in [0.25, 0.3) is 0 Å². The first kappa shape index (κ1) is 24.7. The molecule has 0 aromatic rings. The lowest BCUT2D eigenvalue weighted by Crippen LogP contribution is -2.57. The first-order valence-corrected chi connectivity index (χ1v) is 8.82. The van der Waals surface area contributed by atoms with E-state index in [1.807, 2.05) is 0 Å². The molecule has 0 saturated carbocycles. The van der Waals surface area contributed by atoms with Gasteiger partial charge < -0.3 is 31.9 Å². The Labute approximate surface area is 161 Å². The number of carbonyl (C=O) groups is 5. The fraction of sp³-hybridized carbons (Fsp3) is 0.667. The molecule has 0 fully saturated rings. The zero-order valence-corrected chi connectivity index (χ0v) is 16.0. The Hall–Kier alpha value is -2.34. The van der Waals surface area contributed by atoms with Crippen LogP contribution in [0.3, 0.4) is 0 Å². The summed E-state index contributed by atoms with van der Waals surface area (Å²) in [5.74, 6) is -5.16. The van der Waals surface area contributed by atoms with Crippen LogP contribution in [0.15, 0.2) is 0 Å². The Morgan fingerprint density at radius 3 is 1.93 bits per heavy atom. The summed E-state index contributed by atoms with van der Waals surface area (Å²) >= 11 is 3.97. The van der Waals surface area contributed by atoms with E-state index in [0.717, 1.165) is 0 Å². The third kappa shape index (κ3) is 9.24. The standard InChI is InChI=1S/C15H26N4O7S/c1-7(2)12(15(25)26)19-14(24)9(6-27)18-13(23)8(3-4-11(21)22)17-10(20)5-16/h7-9,12,27H,3-6,16H2,1-2H3,(H,17,20)(H,18,23)(H,19,24)(H,21,22)(H,25,26). The number of nitrogens with one attached hydrogen (secondary N) is 3. The minimum Gasteiger partial charge on any atom is -0.481 e. The quantitative estimate of drug-likeness (QED) is 0.180. The summed E-state index contributed by atoms with van der Waals surface area (Å²) in [5, 5.41) is 24.8. The number of carboxylic acid groups (broad SMARTS) is 2. The van der Waals surface area contributed by atoms with E-state index in [1.54, 1.807) is 13.8 Å². The Morgan fingerprint density at radius 1 is 0.963 bits per heavy atom. The maximum absolute atomic E-state index is 12.3. The second kappa shape index (κ2) is 12.1. The van der Waals surface area contributed by atoms with Crippen LogP contribution in [0.25, 0.3) is 0 Å². The van der Waals surface area contributed by atoms with Crippen molar-refractivity contribution in [2.24, 2.45) is 11.7 Å². The minimum atomic E-state index is -1.22. The maximum atomic E-state index is 12.3. The van der Waals surface area contributed by atoms with Crippen LogP contribution < -0.4 is 21.7 Å². The molecule has 154 valence electrons. The van der Waals surface area contributed by atoms with E-state index in [2.05, 4.69) is 28.6 Å².